The van der Waals surface area contributed by atoms with Gasteiger partial charge < -0.3 is 15.5 Å². The number of nitrogens with zero attached hydrogens (tertiary/aromatic N) is 5. The van der Waals surface area contributed by atoms with Gasteiger partial charge >= 0.3 is 0 Å². The third kappa shape index (κ3) is 4.35. The first-order valence-electron chi connectivity index (χ1n) is 8.02. The molecule has 0 unspecified atom stereocenters. The van der Waals surface area contributed by atoms with Crippen LogP contribution in [0.5, 0.6) is 0 Å². The predicted octanol–water partition coefficient (Wildman–Crippen LogP) is 1.81. The maximum absolute atomic E-state index is 6.12. The number of piperazine rings is 1. The lowest BCUT2D eigenvalue weighted by atomic mass is 10.2. The highest BCUT2D eigenvalue weighted by atomic mass is 35.5. The van der Waals surface area contributed by atoms with Crippen LogP contribution < -0.4 is 10.6 Å². The second-order valence-corrected chi connectivity index (χ2v) is 6.07. The minimum Gasteiger partial charge on any atom is -0.370 e. The minimum absolute atomic E-state index is 0.606. The summed E-state index contributed by atoms with van der Waals surface area (Å²) in [6.07, 6.45) is 5.87. The number of rotatable bonds is 4. The molecular weight excluding hydrogens is 324 g/mol. The third-order valence-corrected chi connectivity index (χ3v) is 4.31. The maximum Gasteiger partial charge on any atom is 0.191 e. The van der Waals surface area contributed by atoms with Crippen LogP contribution in [-0.4, -0.2) is 53.6 Å². The molecule has 0 bridgehead atoms. The Morgan fingerprint density at radius 2 is 1.88 bits per heavy atom. The second kappa shape index (κ2) is 7.97. The summed E-state index contributed by atoms with van der Waals surface area (Å²) in [5.41, 5.74) is 8.24. The van der Waals surface area contributed by atoms with E-state index >= 15 is 0 Å². The average molecular weight is 345 g/mol. The second-order valence-electron chi connectivity index (χ2n) is 5.64. The van der Waals surface area contributed by atoms with Gasteiger partial charge in [-0.3, -0.25) is 15.0 Å². The molecule has 2 heterocycles. The van der Waals surface area contributed by atoms with Crippen LogP contribution in [-0.2, 0) is 6.42 Å². The molecule has 0 aliphatic carbocycles. The van der Waals surface area contributed by atoms with Crippen molar-refractivity contribution in [2.45, 2.75) is 6.42 Å². The van der Waals surface area contributed by atoms with Crippen LogP contribution in [0.1, 0.15) is 5.69 Å². The lowest BCUT2D eigenvalue weighted by Crippen LogP contribution is -2.51. The first kappa shape index (κ1) is 16.5. The van der Waals surface area contributed by atoms with Crippen molar-refractivity contribution in [2.75, 3.05) is 37.6 Å². The number of guanidine groups is 1. The molecule has 0 saturated carbocycles. The maximum atomic E-state index is 6.12. The summed E-state index contributed by atoms with van der Waals surface area (Å²) >= 11 is 5.94. The average Bonchev–Trinajstić information content (AvgIpc) is 2.63. The van der Waals surface area contributed by atoms with Gasteiger partial charge in [0.15, 0.2) is 5.96 Å². The number of aromatic nitrogens is 2. The van der Waals surface area contributed by atoms with E-state index in [1.165, 1.54) is 5.69 Å². The van der Waals surface area contributed by atoms with Crippen LogP contribution in [0.15, 0.2) is 47.8 Å². The lowest BCUT2D eigenvalue weighted by Gasteiger charge is -2.36. The van der Waals surface area contributed by atoms with Crippen molar-refractivity contribution in [3.8, 4) is 0 Å². The number of benzene rings is 1. The Morgan fingerprint density at radius 3 is 2.54 bits per heavy atom. The van der Waals surface area contributed by atoms with Gasteiger partial charge in [-0.15, -0.1) is 0 Å². The van der Waals surface area contributed by atoms with Crippen molar-refractivity contribution in [1.82, 2.24) is 14.9 Å². The Kier molecular flexibility index (Phi) is 5.48. The molecule has 1 aliphatic heterocycles. The van der Waals surface area contributed by atoms with Gasteiger partial charge in [-0.1, -0.05) is 11.6 Å². The summed E-state index contributed by atoms with van der Waals surface area (Å²) in [5.74, 6) is 0.606. The smallest absolute Gasteiger partial charge is 0.191 e. The topological polar surface area (TPSA) is 70.6 Å². The Hall–Kier alpha value is -2.34. The van der Waals surface area contributed by atoms with Crippen LogP contribution in [0.2, 0.25) is 5.02 Å². The van der Waals surface area contributed by atoms with Gasteiger partial charge in [0, 0.05) is 68.4 Å². The molecular formula is C17H21ClN6. The summed E-state index contributed by atoms with van der Waals surface area (Å²) in [7, 11) is 0. The number of nitrogens with two attached hydrogens (primary N) is 1. The van der Waals surface area contributed by atoms with Gasteiger partial charge in [0.05, 0.1) is 5.69 Å². The highest BCUT2D eigenvalue weighted by Gasteiger charge is 2.18. The van der Waals surface area contributed by atoms with Gasteiger partial charge in [0.25, 0.3) is 0 Å². The number of anilines is 1. The van der Waals surface area contributed by atoms with Crippen LogP contribution in [0.3, 0.4) is 0 Å². The van der Waals surface area contributed by atoms with E-state index in [0.29, 0.717) is 12.5 Å². The molecule has 1 aliphatic rings. The van der Waals surface area contributed by atoms with Crippen LogP contribution in [0.4, 0.5) is 5.69 Å². The summed E-state index contributed by atoms with van der Waals surface area (Å²) in [5, 5.41) is 0.761. The van der Waals surface area contributed by atoms with E-state index in [1.54, 1.807) is 18.6 Å². The molecule has 6 nitrogen and oxygen atoms in total. The molecule has 24 heavy (non-hydrogen) atoms. The minimum atomic E-state index is 0.606. The first-order valence-corrected chi connectivity index (χ1v) is 8.40. The Balaban J connectivity index is 1.48. The van der Waals surface area contributed by atoms with E-state index < -0.39 is 0 Å². The molecule has 0 atom stereocenters. The fraction of sp³-hybridized carbons (Fsp3) is 0.353. The van der Waals surface area contributed by atoms with Gasteiger partial charge in [-0.05, 0) is 24.3 Å². The molecule has 0 spiro atoms. The molecule has 0 amide bonds. The summed E-state index contributed by atoms with van der Waals surface area (Å²) in [6, 6.07) is 7.95. The molecule has 0 radical (unpaired) electrons. The van der Waals surface area contributed by atoms with Crippen molar-refractivity contribution in [2.24, 2.45) is 10.7 Å². The highest BCUT2D eigenvalue weighted by Crippen LogP contribution is 2.19. The number of hydrogen-bond donors (Lipinski definition) is 1. The molecule has 3 rings (SSSR count). The van der Waals surface area contributed by atoms with Crippen molar-refractivity contribution in [1.29, 1.82) is 0 Å². The normalized spacial score (nSPS) is 15.6. The van der Waals surface area contributed by atoms with E-state index in [9.17, 15) is 0 Å². The van der Waals surface area contributed by atoms with Gasteiger partial charge in [-0.2, -0.15) is 0 Å². The Bertz CT molecular complexity index is 665. The fourth-order valence-corrected chi connectivity index (χ4v) is 2.82. The Morgan fingerprint density at radius 1 is 1.12 bits per heavy atom. The van der Waals surface area contributed by atoms with E-state index in [-0.39, 0.29) is 0 Å². The van der Waals surface area contributed by atoms with Crippen molar-refractivity contribution in [3.63, 3.8) is 0 Å². The molecule has 7 heteroatoms. The number of halogens is 1. The zero-order valence-electron chi connectivity index (χ0n) is 13.5. The standard InChI is InChI=1S/C17H21ClN6/c18-14-1-3-16(4-2-14)23-9-11-24(12-10-23)17(19)22-6-5-15-13-20-7-8-21-15/h1-4,7-8,13H,5-6,9-12H2,(H2,19,22). The summed E-state index contributed by atoms with van der Waals surface area (Å²) in [4.78, 5) is 17.2. The molecule has 1 aromatic heterocycles. The summed E-state index contributed by atoms with van der Waals surface area (Å²) < 4.78 is 0. The van der Waals surface area contributed by atoms with Gasteiger partial charge in [0.2, 0.25) is 0 Å². The summed E-state index contributed by atoms with van der Waals surface area (Å²) in [6.45, 7) is 4.19. The molecule has 2 N–H and O–H groups in total. The number of aliphatic imine (C=N–C) groups is 1. The van der Waals surface area contributed by atoms with Gasteiger partial charge in [0.1, 0.15) is 0 Å². The zero-order chi connectivity index (χ0) is 16.8. The van der Waals surface area contributed by atoms with E-state index in [4.69, 9.17) is 17.3 Å². The molecule has 126 valence electrons. The van der Waals surface area contributed by atoms with Crippen LogP contribution >= 0.6 is 11.6 Å². The monoisotopic (exact) mass is 344 g/mol. The predicted molar refractivity (Wildman–Crippen MR) is 97.5 cm³/mol. The van der Waals surface area contributed by atoms with Crippen molar-refractivity contribution in [3.05, 3.63) is 53.6 Å². The zero-order valence-corrected chi connectivity index (χ0v) is 14.2. The number of hydrogen-bond acceptors (Lipinski definition) is 4. The largest absolute Gasteiger partial charge is 0.370 e. The molecule has 1 saturated heterocycles. The lowest BCUT2D eigenvalue weighted by molar-refractivity contribution is 0.381. The van der Waals surface area contributed by atoms with Crippen molar-refractivity contribution >= 4 is 23.2 Å². The van der Waals surface area contributed by atoms with E-state index in [1.807, 2.05) is 12.1 Å². The van der Waals surface area contributed by atoms with Crippen LogP contribution in [0.25, 0.3) is 0 Å². The first-order chi connectivity index (χ1) is 11.7. The third-order valence-electron chi connectivity index (χ3n) is 4.05. The van der Waals surface area contributed by atoms with E-state index in [2.05, 4.69) is 36.9 Å². The SMILES string of the molecule is NC(=NCCc1cnccn1)N1CCN(c2ccc(Cl)cc2)CC1. The fourth-order valence-electron chi connectivity index (χ4n) is 2.69. The molecule has 1 aromatic carbocycles. The van der Waals surface area contributed by atoms with E-state index in [0.717, 1.165) is 43.3 Å². The van der Waals surface area contributed by atoms with Crippen molar-refractivity contribution < 1.29 is 0 Å². The quantitative estimate of drug-likeness (QED) is 0.676. The van der Waals surface area contributed by atoms with Gasteiger partial charge in [-0.25, -0.2) is 0 Å². The Labute approximate surface area is 147 Å². The molecule has 2 aromatic rings. The highest BCUT2D eigenvalue weighted by molar-refractivity contribution is 6.30. The van der Waals surface area contributed by atoms with Crippen LogP contribution in [0, 0.1) is 0 Å². The molecule has 1 fully saturated rings.